The Morgan fingerprint density at radius 3 is 2.13 bits per heavy atom. The third kappa shape index (κ3) is 7.18. The average Bonchev–Trinajstić information content (AvgIpc) is 2.67. The Hall–Kier alpha value is -1.76. The summed E-state index contributed by atoms with van der Waals surface area (Å²) in [6.07, 6.45) is 16.3. The summed E-state index contributed by atoms with van der Waals surface area (Å²) in [7, 11) is 0. The highest BCUT2D eigenvalue weighted by molar-refractivity contribution is 5.50. The van der Waals surface area contributed by atoms with Crippen LogP contribution < -0.4 is 4.74 Å². The SMILES string of the molecule is CC(C)=CCC/C(C)=C/CC/C(C)=C/CC[C@]1(C)CCc2cc(C)c(C)c(C)c2O1. The predicted octanol–water partition coefficient (Wildman–Crippen LogP) is 8.89. The normalized spacial score (nSPS) is 19.3. The van der Waals surface area contributed by atoms with Gasteiger partial charge in [-0.2, -0.15) is 0 Å². The van der Waals surface area contributed by atoms with E-state index in [1.54, 1.807) is 0 Å². The molecule has 2 rings (SSSR count). The van der Waals surface area contributed by atoms with Gasteiger partial charge in [-0.1, -0.05) is 41.0 Å². The zero-order valence-corrected chi connectivity index (χ0v) is 20.9. The van der Waals surface area contributed by atoms with Crippen molar-refractivity contribution in [2.45, 2.75) is 112 Å². The van der Waals surface area contributed by atoms with Crippen molar-refractivity contribution in [2.24, 2.45) is 0 Å². The zero-order valence-electron chi connectivity index (χ0n) is 20.9. The van der Waals surface area contributed by atoms with Crippen LogP contribution in [0.25, 0.3) is 0 Å². The molecule has 0 fully saturated rings. The van der Waals surface area contributed by atoms with Crippen molar-refractivity contribution >= 4 is 0 Å². The second-order valence-electron chi connectivity index (χ2n) is 9.98. The first-order valence-corrected chi connectivity index (χ1v) is 11.8. The molecular formula is C29H44O. The van der Waals surface area contributed by atoms with Crippen molar-refractivity contribution < 1.29 is 4.74 Å². The number of rotatable bonds is 9. The molecule has 30 heavy (non-hydrogen) atoms. The molecule has 1 nitrogen and oxygen atoms in total. The lowest BCUT2D eigenvalue weighted by molar-refractivity contribution is 0.0562. The highest BCUT2D eigenvalue weighted by atomic mass is 16.5. The van der Waals surface area contributed by atoms with E-state index in [-0.39, 0.29) is 5.60 Å². The van der Waals surface area contributed by atoms with E-state index in [2.05, 4.69) is 79.7 Å². The Balaban J connectivity index is 1.83. The lowest BCUT2D eigenvalue weighted by atomic mass is 9.86. The molecule has 166 valence electrons. The van der Waals surface area contributed by atoms with Crippen LogP contribution in [0.5, 0.6) is 5.75 Å². The fraction of sp³-hybridized carbons (Fsp3) is 0.586. The molecule has 1 aliphatic rings. The molecule has 1 atom stereocenters. The van der Waals surface area contributed by atoms with Crippen molar-refractivity contribution in [1.29, 1.82) is 0 Å². The van der Waals surface area contributed by atoms with Crippen molar-refractivity contribution in [3.8, 4) is 5.75 Å². The van der Waals surface area contributed by atoms with E-state index < -0.39 is 0 Å². The third-order valence-electron chi connectivity index (χ3n) is 6.74. The molecule has 0 spiro atoms. The van der Waals surface area contributed by atoms with E-state index in [4.69, 9.17) is 4.74 Å². The van der Waals surface area contributed by atoms with Crippen LogP contribution in [0.15, 0.2) is 41.0 Å². The topological polar surface area (TPSA) is 9.23 Å². The summed E-state index contributed by atoms with van der Waals surface area (Å²) in [6, 6.07) is 2.33. The molecule has 1 aromatic carbocycles. The molecule has 0 aromatic heterocycles. The molecule has 0 radical (unpaired) electrons. The Morgan fingerprint density at radius 1 is 0.900 bits per heavy atom. The van der Waals surface area contributed by atoms with Crippen molar-refractivity contribution in [1.82, 2.24) is 0 Å². The number of allylic oxidation sites excluding steroid dienone is 6. The van der Waals surface area contributed by atoms with E-state index in [1.807, 2.05) is 0 Å². The molecular weight excluding hydrogens is 364 g/mol. The number of fused-ring (bicyclic) bond motifs is 1. The van der Waals surface area contributed by atoms with Gasteiger partial charge in [0.05, 0.1) is 0 Å². The van der Waals surface area contributed by atoms with Crippen LogP contribution in [-0.4, -0.2) is 5.60 Å². The van der Waals surface area contributed by atoms with Crippen LogP contribution in [0.4, 0.5) is 0 Å². The minimum absolute atomic E-state index is 0.0440. The van der Waals surface area contributed by atoms with E-state index in [0.717, 1.165) is 44.3 Å². The second kappa shape index (κ2) is 11.0. The molecule has 0 amide bonds. The zero-order chi connectivity index (χ0) is 22.3. The first-order valence-electron chi connectivity index (χ1n) is 11.8. The molecule has 1 heterocycles. The van der Waals surface area contributed by atoms with Crippen LogP contribution >= 0.6 is 0 Å². The molecule has 0 saturated carbocycles. The standard InChI is InChI=1S/C29H44O/c1-21(2)12-9-13-22(3)14-10-15-23(4)16-11-18-29(8)19-17-27-20-24(5)25(6)26(7)28(27)30-29/h12,14,16,20H,9-11,13,15,17-19H2,1-8H3/b22-14+,23-16+/t29-/m1/s1. The second-order valence-corrected chi connectivity index (χ2v) is 9.98. The molecule has 0 aliphatic carbocycles. The molecule has 0 unspecified atom stereocenters. The molecule has 0 saturated heterocycles. The quantitative estimate of drug-likeness (QED) is 0.371. The third-order valence-corrected chi connectivity index (χ3v) is 6.74. The van der Waals surface area contributed by atoms with Crippen LogP contribution in [-0.2, 0) is 6.42 Å². The van der Waals surface area contributed by atoms with Gasteiger partial charge in [0.2, 0.25) is 0 Å². The van der Waals surface area contributed by atoms with Gasteiger partial charge in [-0.3, -0.25) is 0 Å². The Labute approximate surface area is 186 Å². The van der Waals surface area contributed by atoms with Gasteiger partial charge in [-0.25, -0.2) is 0 Å². The molecule has 1 aliphatic heterocycles. The molecule has 1 aromatic rings. The smallest absolute Gasteiger partial charge is 0.126 e. The highest BCUT2D eigenvalue weighted by Crippen LogP contribution is 2.40. The van der Waals surface area contributed by atoms with Crippen molar-refractivity contribution in [3.63, 3.8) is 0 Å². The summed E-state index contributed by atoms with van der Waals surface area (Å²) in [6.45, 7) is 17.8. The van der Waals surface area contributed by atoms with E-state index >= 15 is 0 Å². The minimum Gasteiger partial charge on any atom is -0.487 e. The maximum atomic E-state index is 6.59. The Bertz CT molecular complexity index is 817. The summed E-state index contributed by atoms with van der Waals surface area (Å²) >= 11 is 0. The molecule has 1 heteroatoms. The van der Waals surface area contributed by atoms with Gasteiger partial charge in [-0.15, -0.1) is 0 Å². The van der Waals surface area contributed by atoms with Crippen molar-refractivity contribution in [3.05, 3.63) is 63.3 Å². The minimum atomic E-state index is -0.0440. The maximum absolute atomic E-state index is 6.59. The maximum Gasteiger partial charge on any atom is 0.126 e. The molecule has 0 bridgehead atoms. The largest absolute Gasteiger partial charge is 0.487 e. The number of benzene rings is 1. The lowest BCUT2D eigenvalue weighted by Gasteiger charge is -2.37. The van der Waals surface area contributed by atoms with E-state index in [0.29, 0.717) is 0 Å². The number of hydrogen-bond donors (Lipinski definition) is 0. The fourth-order valence-corrected chi connectivity index (χ4v) is 4.31. The van der Waals surface area contributed by atoms with E-state index in [1.165, 1.54) is 51.8 Å². The summed E-state index contributed by atoms with van der Waals surface area (Å²) in [5.74, 6) is 1.15. The van der Waals surface area contributed by atoms with Crippen LogP contribution in [0, 0.1) is 20.8 Å². The Kier molecular flexibility index (Phi) is 9.01. The van der Waals surface area contributed by atoms with Gasteiger partial charge >= 0.3 is 0 Å². The van der Waals surface area contributed by atoms with Crippen LogP contribution in [0.2, 0.25) is 0 Å². The highest BCUT2D eigenvalue weighted by Gasteiger charge is 2.32. The number of ether oxygens (including phenoxy) is 1. The predicted molar refractivity (Wildman–Crippen MR) is 133 cm³/mol. The first kappa shape index (κ1) is 24.5. The summed E-state index contributed by atoms with van der Waals surface area (Å²) in [5, 5.41) is 0. The van der Waals surface area contributed by atoms with Gasteiger partial charge in [0.15, 0.2) is 0 Å². The summed E-state index contributed by atoms with van der Waals surface area (Å²) in [5.41, 5.74) is 9.88. The summed E-state index contributed by atoms with van der Waals surface area (Å²) < 4.78 is 6.59. The fourth-order valence-electron chi connectivity index (χ4n) is 4.31. The number of aryl methyl sites for hydroxylation is 2. The Morgan fingerprint density at radius 2 is 1.50 bits per heavy atom. The summed E-state index contributed by atoms with van der Waals surface area (Å²) in [4.78, 5) is 0. The van der Waals surface area contributed by atoms with Crippen LogP contribution in [0.1, 0.15) is 102 Å². The van der Waals surface area contributed by atoms with Crippen molar-refractivity contribution in [2.75, 3.05) is 0 Å². The first-order chi connectivity index (χ1) is 14.1. The lowest BCUT2D eigenvalue weighted by Crippen LogP contribution is -2.36. The average molecular weight is 409 g/mol. The van der Waals surface area contributed by atoms with Gasteiger partial charge < -0.3 is 4.74 Å². The van der Waals surface area contributed by atoms with Gasteiger partial charge in [-0.05, 0) is 129 Å². The van der Waals surface area contributed by atoms with Gasteiger partial charge in [0.1, 0.15) is 11.4 Å². The number of hydrogen-bond acceptors (Lipinski definition) is 1. The molecule has 0 N–H and O–H groups in total. The van der Waals surface area contributed by atoms with Crippen LogP contribution in [0.3, 0.4) is 0 Å². The van der Waals surface area contributed by atoms with Gasteiger partial charge in [0, 0.05) is 0 Å². The monoisotopic (exact) mass is 408 g/mol. The van der Waals surface area contributed by atoms with E-state index in [9.17, 15) is 0 Å². The van der Waals surface area contributed by atoms with Gasteiger partial charge in [0.25, 0.3) is 0 Å².